The van der Waals surface area contributed by atoms with Crippen LogP contribution < -0.4 is 20.5 Å². The highest BCUT2D eigenvalue weighted by molar-refractivity contribution is 5.92. The molecule has 0 saturated carbocycles. The van der Waals surface area contributed by atoms with Crippen LogP contribution in [0.4, 0.5) is 10.1 Å². The molecule has 1 amide bonds. The van der Waals surface area contributed by atoms with Gasteiger partial charge >= 0.3 is 0 Å². The second kappa shape index (κ2) is 11.8. The largest absolute Gasteiger partial charge is 0.497 e. The topological polar surface area (TPSA) is 79.7 Å². The van der Waals surface area contributed by atoms with E-state index >= 15 is 0 Å². The number of methoxy groups -OCH3 is 1. The van der Waals surface area contributed by atoms with Crippen molar-refractivity contribution in [1.82, 2.24) is 19.8 Å². The summed E-state index contributed by atoms with van der Waals surface area (Å²) in [6.07, 6.45) is 5.87. The average Bonchev–Trinajstić information content (AvgIpc) is 3.53. The molecule has 1 saturated heterocycles. The van der Waals surface area contributed by atoms with Crippen LogP contribution in [0.15, 0.2) is 77.7 Å². The summed E-state index contributed by atoms with van der Waals surface area (Å²) in [6.45, 7) is 3.85. The zero-order valence-corrected chi connectivity index (χ0v) is 23.8. The lowest BCUT2D eigenvalue weighted by atomic mass is 10.0. The molecule has 9 heteroatoms. The number of fused-ring (bicyclic) bond motifs is 1. The van der Waals surface area contributed by atoms with E-state index in [1.165, 1.54) is 6.07 Å². The Morgan fingerprint density at radius 2 is 1.86 bits per heavy atom. The van der Waals surface area contributed by atoms with Crippen LogP contribution in [0.3, 0.4) is 0 Å². The molecule has 1 N–H and O–H groups in total. The van der Waals surface area contributed by atoms with Gasteiger partial charge in [-0.05, 0) is 65.8 Å². The standard InChI is InChI=1S/C33H34FN5O3/c1-35-32(40)29-13-10-26(20-36-29)38-16-14-37(15-17-38)25-9-8-23(18-25)30-19-24-4-3-5-28(34)31(24)33(41)39(30)21-22-6-11-27(42-2)12-7-22/h3-7,10-13,18-20,25H,8-9,14-17,21H2,1-2H3,(H,35,40). The number of nitrogens with zero attached hydrogens (tertiary/aromatic N) is 4. The van der Waals surface area contributed by atoms with Crippen LogP contribution in [0.1, 0.15) is 34.6 Å². The number of carbonyl (C=O) groups is 1. The van der Waals surface area contributed by atoms with Crippen molar-refractivity contribution in [2.24, 2.45) is 0 Å². The first-order valence-corrected chi connectivity index (χ1v) is 14.3. The maximum Gasteiger partial charge on any atom is 0.269 e. The molecule has 2 aromatic heterocycles. The van der Waals surface area contributed by atoms with E-state index in [0.29, 0.717) is 17.6 Å². The second-order valence-electron chi connectivity index (χ2n) is 10.8. The third-order valence-corrected chi connectivity index (χ3v) is 8.38. The quantitative estimate of drug-likeness (QED) is 0.359. The monoisotopic (exact) mass is 567 g/mol. The molecule has 2 aromatic carbocycles. The number of nitrogens with one attached hydrogen (secondary N) is 1. The average molecular weight is 568 g/mol. The minimum absolute atomic E-state index is 0.124. The van der Waals surface area contributed by atoms with Crippen molar-refractivity contribution in [1.29, 1.82) is 0 Å². The number of carbonyl (C=O) groups excluding carboxylic acids is 1. The van der Waals surface area contributed by atoms with E-state index in [1.54, 1.807) is 37.1 Å². The summed E-state index contributed by atoms with van der Waals surface area (Å²) in [7, 11) is 3.22. The van der Waals surface area contributed by atoms with E-state index in [0.717, 1.165) is 67.3 Å². The Morgan fingerprint density at radius 1 is 1.07 bits per heavy atom. The molecule has 2 aliphatic rings. The maximum absolute atomic E-state index is 14.8. The van der Waals surface area contributed by atoms with Gasteiger partial charge < -0.3 is 19.5 Å². The maximum atomic E-state index is 14.8. The van der Waals surface area contributed by atoms with E-state index in [-0.39, 0.29) is 22.9 Å². The van der Waals surface area contributed by atoms with E-state index in [9.17, 15) is 14.0 Å². The number of halogens is 1. The van der Waals surface area contributed by atoms with Gasteiger partial charge in [-0.3, -0.25) is 14.5 Å². The third kappa shape index (κ3) is 5.39. The van der Waals surface area contributed by atoms with E-state index in [2.05, 4.69) is 26.2 Å². The smallest absolute Gasteiger partial charge is 0.269 e. The highest BCUT2D eigenvalue weighted by Gasteiger charge is 2.28. The molecule has 42 heavy (non-hydrogen) atoms. The molecule has 1 fully saturated rings. The van der Waals surface area contributed by atoms with Crippen LogP contribution in [0.5, 0.6) is 5.75 Å². The van der Waals surface area contributed by atoms with Crippen molar-refractivity contribution < 1.29 is 13.9 Å². The van der Waals surface area contributed by atoms with Gasteiger partial charge in [0, 0.05) is 45.0 Å². The zero-order valence-electron chi connectivity index (χ0n) is 23.8. The van der Waals surface area contributed by atoms with E-state index in [1.807, 2.05) is 42.5 Å². The Bertz CT molecular complexity index is 1690. The highest BCUT2D eigenvalue weighted by atomic mass is 19.1. The van der Waals surface area contributed by atoms with Crippen molar-refractivity contribution in [2.75, 3.05) is 45.2 Å². The van der Waals surface area contributed by atoms with Gasteiger partial charge in [-0.25, -0.2) is 9.37 Å². The number of benzene rings is 2. The van der Waals surface area contributed by atoms with Crippen molar-refractivity contribution in [3.05, 3.63) is 106 Å². The second-order valence-corrected chi connectivity index (χ2v) is 10.8. The Morgan fingerprint density at radius 3 is 2.55 bits per heavy atom. The van der Waals surface area contributed by atoms with Gasteiger partial charge in [-0.2, -0.15) is 0 Å². The molecular formula is C33H34FN5O3. The fourth-order valence-electron chi connectivity index (χ4n) is 6.04. The van der Waals surface area contributed by atoms with Crippen LogP contribution >= 0.6 is 0 Å². The van der Waals surface area contributed by atoms with Gasteiger partial charge in [0.2, 0.25) is 0 Å². The number of ether oxygens (including phenoxy) is 1. The van der Waals surface area contributed by atoms with Gasteiger partial charge in [0.15, 0.2) is 0 Å². The summed E-state index contributed by atoms with van der Waals surface area (Å²) in [5.74, 6) is 0.0535. The predicted molar refractivity (Wildman–Crippen MR) is 163 cm³/mol. The Kier molecular flexibility index (Phi) is 7.75. The first-order chi connectivity index (χ1) is 20.4. The SMILES string of the molecule is CNC(=O)c1ccc(N2CCN(C3C=C(c4cc5cccc(F)c5c(=O)n4Cc4ccc(OC)cc4)CC3)CC2)cn1. The number of hydrogen-bond acceptors (Lipinski definition) is 6. The van der Waals surface area contributed by atoms with Gasteiger partial charge in [-0.1, -0.05) is 30.3 Å². The van der Waals surface area contributed by atoms with E-state index in [4.69, 9.17) is 4.74 Å². The molecule has 1 atom stereocenters. The molecule has 0 bridgehead atoms. The number of aromatic nitrogens is 2. The molecule has 0 spiro atoms. The molecule has 8 nitrogen and oxygen atoms in total. The number of piperazine rings is 1. The molecule has 216 valence electrons. The summed E-state index contributed by atoms with van der Waals surface area (Å²) >= 11 is 0. The van der Waals surface area contributed by atoms with E-state index < -0.39 is 5.82 Å². The third-order valence-electron chi connectivity index (χ3n) is 8.38. The predicted octanol–water partition coefficient (Wildman–Crippen LogP) is 4.32. The minimum Gasteiger partial charge on any atom is -0.497 e. The molecule has 0 radical (unpaired) electrons. The fourth-order valence-corrected chi connectivity index (χ4v) is 6.04. The van der Waals surface area contributed by atoms with Gasteiger partial charge in [-0.15, -0.1) is 0 Å². The number of allylic oxidation sites excluding steroid dienone is 1. The molecule has 6 rings (SSSR count). The lowest BCUT2D eigenvalue weighted by Crippen LogP contribution is -2.49. The molecule has 1 aliphatic heterocycles. The molecule has 1 unspecified atom stereocenters. The van der Waals surface area contributed by atoms with Gasteiger partial charge in [0.05, 0.1) is 30.9 Å². The van der Waals surface area contributed by atoms with Crippen LogP contribution in [0.2, 0.25) is 0 Å². The highest BCUT2D eigenvalue weighted by Crippen LogP contribution is 2.33. The molecule has 4 aromatic rings. The molecule has 1 aliphatic carbocycles. The number of anilines is 1. The number of hydrogen-bond donors (Lipinski definition) is 1. The summed E-state index contributed by atoms with van der Waals surface area (Å²) in [6, 6.07) is 18.4. The lowest BCUT2D eigenvalue weighted by Gasteiger charge is -2.38. The molecular weight excluding hydrogens is 533 g/mol. The summed E-state index contributed by atoms with van der Waals surface area (Å²) in [4.78, 5) is 34.6. The first-order valence-electron chi connectivity index (χ1n) is 14.3. The van der Waals surface area contributed by atoms with Crippen LogP contribution in [-0.2, 0) is 6.54 Å². The Balaban J connectivity index is 1.24. The van der Waals surface area contributed by atoms with Crippen LogP contribution in [-0.4, -0.2) is 66.7 Å². The van der Waals surface area contributed by atoms with Crippen LogP contribution in [0, 0.1) is 5.82 Å². The Hall–Kier alpha value is -4.50. The normalized spacial score (nSPS) is 17.4. The summed E-state index contributed by atoms with van der Waals surface area (Å²) in [5.41, 5.74) is 4.01. The van der Waals surface area contributed by atoms with Crippen LogP contribution in [0.25, 0.3) is 16.3 Å². The molecule has 3 heterocycles. The van der Waals surface area contributed by atoms with Gasteiger partial charge in [0.25, 0.3) is 11.5 Å². The first kappa shape index (κ1) is 27.7. The lowest BCUT2D eigenvalue weighted by molar-refractivity contribution is 0.0958. The number of pyridine rings is 2. The number of rotatable bonds is 7. The fraction of sp³-hybridized carbons (Fsp3) is 0.303. The minimum atomic E-state index is -0.498. The summed E-state index contributed by atoms with van der Waals surface area (Å²) in [5, 5.41) is 3.34. The number of amides is 1. The van der Waals surface area contributed by atoms with Gasteiger partial charge in [0.1, 0.15) is 17.3 Å². The van der Waals surface area contributed by atoms with Crippen molar-refractivity contribution >= 4 is 27.9 Å². The summed E-state index contributed by atoms with van der Waals surface area (Å²) < 4.78 is 21.8. The Labute approximate surface area is 244 Å². The van der Waals surface area contributed by atoms with Crippen molar-refractivity contribution in [3.8, 4) is 5.75 Å². The van der Waals surface area contributed by atoms with Crippen molar-refractivity contribution in [3.63, 3.8) is 0 Å². The zero-order chi connectivity index (χ0) is 29.2. The van der Waals surface area contributed by atoms with Crippen molar-refractivity contribution in [2.45, 2.75) is 25.4 Å².